The van der Waals surface area contributed by atoms with E-state index in [9.17, 15) is 53.4 Å². The largest absolute Gasteiger partial charge is 0.508 e. The van der Waals surface area contributed by atoms with E-state index in [-0.39, 0.29) is 94.5 Å². The maximum Gasteiger partial charge on any atom is 0.336 e. The number of hydrogen-bond donors (Lipinski definition) is 7. The monoisotopic (exact) mass is 987 g/mol. The van der Waals surface area contributed by atoms with E-state index in [1.54, 1.807) is 24.3 Å². The highest BCUT2D eigenvalue weighted by Crippen LogP contribution is 2.42. The summed E-state index contributed by atoms with van der Waals surface area (Å²) >= 11 is 0. The highest BCUT2D eigenvalue weighted by molar-refractivity contribution is 6.09. The number of benzene rings is 4. The smallest absolute Gasteiger partial charge is 0.336 e. The number of carboxylic acid groups (broad SMARTS) is 1. The number of hydrogen-bond acceptors (Lipinski definition) is 11. The topological polar surface area (TPSA) is 267 Å². The zero-order chi connectivity index (χ0) is 52.3. The van der Waals surface area contributed by atoms with E-state index in [0.717, 1.165) is 5.56 Å². The maximum absolute atomic E-state index is 13.7. The Morgan fingerprint density at radius 2 is 1.42 bits per heavy atom. The van der Waals surface area contributed by atoms with Crippen LogP contribution in [-0.2, 0) is 35.2 Å². The van der Waals surface area contributed by atoms with Gasteiger partial charge in [0.25, 0.3) is 0 Å². The predicted molar refractivity (Wildman–Crippen MR) is 271 cm³/mol. The molecule has 3 atom stereocenters. The molecule has 0 bridgehead atoms. The number of amides is 5. The van der Waals surface area contributed by atoms with Gasteiger partial charge in [-0.2, -0.15) is 0 Å². The molecule has 1 aliphatic carbocycles. The number of unbranched alkanes of at least 4 members (excludes halogenated alkanes) is 4. The van der Waals surface area contributed by atoms with Crippen molar-refractivity contribution < 1.29 is 53.0 Å². The minimum absolute atomic E-state index is 0.0106. The SMILES string of the molecule is CNC(=O)[C@@H](CC(=O)[C@H](CCCCNC(C)=O)NC(=O)CNC(=O)[C@H](CC(C)C)NC(=O)CCCCCCC(=O)c1ccc(-c2c3ccc(=O)cc-3oc3cc(O)ccc23)c(C(=O)O)c1)Cc1ccccc1. The molecule has 0 aromatic heterocycles. The molecule has 17 nitrogen and oxygen atoms in total. The number of carbonyl (C=O) groups is 8. The van der Waals surface area contributed by atoms with E-state index in [2.05, 4.69) is 26.6 Å². The lowest BCUT2D eigenvalue weighted by Gasteiger charge is -2.22. The molecule has 5 rings (SSSR count). The molecule has 7 N–H and O–H groups in total. The van der Waals surface area contributed by atoms with Crippen molar-refractivity contribution in [2.24, 2.45) is 11.8 Å². The van der Waals surface area contributed by atoms with Crippen LogP contribution >= 0.6 is 0 Å². The second-order valence-electron chi connectivity index (χ2n) is 18.5. The van der Waals surface area contributed by atoms with Gasteiger partial charge < -0.3 is 41.2 Å². The van der Waals surface area contributed by atoms with Crippen molar-refractivity contribution in [3.8, 4) is 28.2 Å². The first-order valence-electron chi connectivity index (χ1n) is 24.4. The number of phenols is 1. The average Bonchev–Trinajstić information content (AvgIpc) is 3.34. The van der Waals surface area contributed by atoms with Gasteiger partial charge in [0, 0.05) is 79.9 Å². The summed E-state index contributed by atoms with van der Waals surface area (Å²) in [7, 11) is 1.50. The van der Waals surface area contributed by atoms with Gasteiger partial charge in [-0.3, -0.25) is 38.4 Å². The van der Waals surface area contributed by atoms with Gasteiger partial charge in [-0.1, -0.05) is 69.2 Å². The molecule has 1 aliphatic heterocycles. The molecule has 5 amide bonds. The second-order valence-corrected chi connectivity index (χ2v) is 18.5. The normalized spacial score (nSPS) is 12.4. The Hall–Kier alpha value is -7.69. The molecule has 0 saturated carbocycles. The van der Waals surface area contributed by atoms with Crippen molar-refractivity contribution >= 4 is 58.0 Å². The number of carboxylic acids is 1. The number of rotatable bonds is 28. The van der Waals surface area contributed by atoms with Crippen LogP contribution in [-0.4, -0.2) is 89.5 Å². The summed E-state index contributed by atoms with van der Waals surface area (Å²) in [5, 5.41) is 34.4. The molecule has 0 fully saturated rings. The summed E-state index contributed by atoms with van der Waals surface area (Å²) < 4.78 is 5.90. The number of ketones is 2. The molecule has 72 heavy (non-hydrogen) atoms. The second kappa shape index (κ2) is 27.1. The van der Waals surface area contributed by atoms with Crippen molar-refractivity contribution in [1.29, 1.82) is 0 Å². The Labute approximate surface area is 418 Å². The fourth-order valence-electron chi connectivity index (χ4n) is 8.63. The summed E-state index contributed by atoms with van der Waals surface area (Å²) in [6.45, 7) is 5.12. The minimum atomic E-state index is -1.26. The summed E-state index contributed by atoms with van der Waals surface area (Å²) in [5.74, 6) is -4.44. The van der Waals surface area contributed by atoms with Gasteiger partial charge in [0.05, 0.1) is 18.2 Å². The molecule has 3 aromatic carbocycles. The fraction of sp³-hybridized carbons (Fsp3) is 0.400. The lowest BCUT2D eigenvalue weighted by Crippen LogP contribution is -2.51. The van der Waals surface area contributed by atoms with Gasteiger partial charge in [-0.05, 0) is 92.3 Å². The molecule has 3 aromatic rings. The predicted octanol–water partition coefficient (Wildman–Crippen LogP) is 6.49. The summed E-state index contributed by atoms with van der Waals surface area (Å²) in [5.41, 5.74) is 2.15. The van der Waals surface area contributed by atoms with Crippen molar-refractivity contribution in [2.45, 2.75) is 110 Å². The maximum atomic E-state index is 13.7. The van der Waals surface area contributed by atoms with Crippen LogP contribution in [0.1, 0.15) is 118 Å². The van der Waals surface area contributed by atoms with Gasteiger partial charge >= 0.3 is 5.97 Å². The van der Waals surface area contributed by atoms with Crippen molar-refractivity contribution in [2.75, 3.05) is 20.1 Å². The molecular formula is C55H65N5O12. The minimum Gasteiger partial charge on any atom is -0.508 e. The number of Topliss-reactive ketones (excluding diaryl/α,β-unsaturated/α-hetero) is 2. The summed E-state index contributed by atoms with van der Waals surface area (Å²) in [6, 6.07) is 20.5. The first-order valence-corrected chi connectivity index (χ1v) is 24.4. The van der Waals surface area contributed by atoms with Gasteiger partial charge in [0.15, 0.2) is 17.0 Å². The molecule has 2 aliphatic rings. The third-order valence-corrected chi connectivity index (χ3v) is 12.3. The zero-order valence-electron chi connectivity index (χ0n) is 41.3. The molecule has 382 valence electrons. The standard InChI is InChI=1S/C55H65N5O12/c1-33(2)26-45(54(69)58-32-51(67)59-44(16-12-13-25-57-34(3)61)47(65)29-37(53(68)56-4)27-35-14-8-7-9-15-35)60-50(66)18-11-6-5-10-17-46(64)36-19-22-40(43(28-36)55(70)71)52-41-23-20-38(62)30-48(41)72-49-31-39(63)21-24-42(49)52/h7-9,14-15,19-24,28,30-31,33,37,44-45,62H,5-6,10-13,16-18,25-27,29,32H2,1-4H3,(H,56,68)(H,57,61)(H,58,69)(H,59,67)(H,60,66)(H,70,71)/t37-,44+,45+/m1/s1. The highest BCUT2D eigenvalue weighted by atomic mass is 16.4. The number of aromatic carboxylic acids is 1. The lowest BCUT2D eigenvalue weighted by molar-refractivity contribution is -0.132. The Kier molecular flexibility index (Phi) is 20.8. The van der Waals surface area contributed by atoms with E-state index < -0.39 is 42.3 Å². The molecule has 0 unspecified atom stereocenters. The number of phenolic OH excluding ortho intramolecular Hbond substituents is 1. The van der Waals surface area contributed by atoms with Crippen molar-refractivity contribution in [3.63, 3.8) is 0 Å². The lowest BCUT2D eigenvalue weighted by atomic mass is 9.89. The van der Waals surface area contributed by atoms with E-state index in [1.165, 1.54) is 44.3 Å². The Balaban J connectivity index is 1.11. The first-order chi connectivity index (χ1) is 34.4. The fourth-order valence-corrected chi connectivity index (χ4v) is 8.63. The third kappa shape index (κ3) is 16.5. The molecule has 0 spiro atoms. The van der Waals surface area contributed by atoms with E-state index in [0.29, 0.717) is 80.0 Å². The van der Waals surface area contributed by atoms with E-state index in [4.69, 9.17) is 4.42 Å². The van der Waals surface area contributed by atoms with Crippen molar-refractivity contribution in [1.82, 2.24) is 26.6 Å². The number of nitrogens with one attached hydrogen (secondary N) is 5. The van der Waals surface area contributed by atoms with Gasteiger partial charge in [-0.25, -0.2) is 4.79 Å². The highest BCUT2D eigenvalue weighted by Gasteiger charge is 2.29. The van der Waals surface area contributed by atoms with Crippen LogP contribution in [0, 0.1) is 11.8 Å². The van der Waals surface area contributed by atoms with Gasteiger partial charge in [0.2, 0.25) is 29.5 Å². The van der Waals surface area contributed by atoms with E-state index in [1.807, 2.05) is 44.2 Å². The average molecular weight is 988 g/mol. The molecule has 1 heterocycles. The quantitative estimate of drug-likeness (QED) is 0.0161. The van der Waals surface area contributed by atoms with Crippen LogP contribution in [0.25, 0.3) is 33.4 Å². The molecule has 0 radical (unpaired) electrons. The Morgan fingerprint density at radius 3 is 2.11 bits per heavy atom. The molecule has 17 heteroatoms. The number of fused-ring (bicyclic) bond motifs is 2. The molecule has 0 saturated heterocycles. The van der Waals surface area contributed by atoms with Gasteiger partial charge in [-0.15, -0.1) is 0 Å². The van der Waals surface area contributed by atoms with Crippen LogP contribution in [0.2, 0.25) is 0 Å². The van der Waals surface area contributed by atoms with Crippen LogP contribution in [0.3, 0.4) is 0 Å². The van der Waals surface area contributed by atoms with E-state index >= 15 is 0 Å². The van der Waals surface area contributed by atoms with Crippen LogP contribution in [0.15, 0.2) is 94.1 Å². The first kappa shape index (κ1) is 55.2. The number of aromatic hydroxyl groups is 1. The third-order valence-electron chi connectivity index (χ3n) is 12.3. The molecular weight excluding hydrogens is 923 g/mol. The van der Waals surface area contributed by atoms with Crippen LogP contribution in [0.5, 0.6) is 5.75 Å². The summed E-state index contributed by atoms with van der Waals surface area (Å²) in [4.78, 5) is 116. The van der Waals surface area contributed by atoms with Crippen LogP contribution in [0.4, 0.5) is 0 Å². The Morgan fingerprint density at radius 1 is 0.708 bits per heavy atom. The summed E-state index contributed by atoms with van der Waals surface area (Å²) in [6.07, 6.45) is 4.17. The zero-order valence-corrected chi connectivity index (χ0v) is 41.3. The Bertz CT molecular complexity index is 2770. The van der Waals surface area contributed by atoms with Crippen molar-refractivity contribution in [3.05, 3.63) is 112 Å². The van der Waals surface area contributed by atoms with Crippen LogP contribution < -0.4 is 32.0 Å². The van der Waals surface area contributed by atoms with Gasteiger partial charge in [0.1, 0.15) is 23.1 Å². The number of carbonyl (C=O) groups excluding carboxylic acids is 7.